The lowest BCUT2D eigenvalue weighted by Crippen LogP contribution is -2.46. The number of rotatable bonds is 4. The lowest BCUT2D eigenvalue weighted by Gasteiger charge is -2.34. The van der Waals surface area contributed by atoms with Crippen molar-refractivity contribution in [2.75, 3.05) is 6.54 Å². The van der Waals surface area contributed by atoms with Crippen molar-refractivity contribution >= 4 is 5.91 Å². The average molecular weight is 270 g/mol. The summed E-state index contributed by atoms with van der Waals surface area (Å²) < 4.78 is 1.85. The molecule has 1 amide bonds. The van der Waals surface area contributed by atoms with E-state index in [0.717, 1.165) is 18.5 Å². The van der Waals surface area contributed by atoms with Gasteiger partial charge in [0.25, 0.3) is 5.91 Å². The predicted molar refractivity (Wildman–Crippen MR) is 76.6 cm³/mol. The van der Waals surface area contributed by atoms with Crippen molar-refractivity contribution < 1.29 is 4.79 Å². The molecule has 0 bridgehead atoms. The van der Waals surface area contributed by atoms with E-state index in [-0.39, 0.29) is 11.9 Å². The van der Waals surface area contributed by atoms with Crippen LogP contribution in [0.5, 0.6) is 0 Å². The van der Waals surface area contributed by atoms with Gasteiger partial charge in [-0.15, -0.1) is 0 Å². The first-order chi connectivity index (χ1) is 9.76. The lowest BCUT2D eigenvalue weighted by molar-refractivity contribution is 0.0888. The normalized spacial score (nSPS) is 21.2. The van der Waals surface area contributed by atoms with Crippen molar-refractivity contribution in [3.63, 3.8) is 0 Å². The molecule has 3 rings (SSSR count). The Balaban J connectivity index is 1.64. The third-order valence-electron chi connectivity index (χ3n) is 3.77. The Labute approximate surface area is 117 Å². The Hall–Kier alpha value is -2.14. The summed E-state index contributed by atoms with van der Waals surface area (Å²) in [6, 6.07) is 10.1. The van der Waals surface area contributed by atoms with Gasteiger partial charge < -0.3 is 15.6 Å². The van der Waals surface area contributed by atoms with Crippen LogP contribution in [0, 0.1) is 5.92 Å². The summed E-state index contributed by atoms with van der Waals surface area (Å²) in [5.74, 6) is 0.447. The highest BCUT2D eigenvalue weighted by Crippen LogP contribution is 2.26. The monoisotopic (exact) mass is 270 g/mol. The molecule has 1 aliphatic rings. The maximum Gasteiger partial charge on any atom is 0.271 e. The highest BCUT2D eigenvalue weighted by Gasteiger charge is 2.29. The summed E-state index contributed by atoms with van der Waals surface area (Å²) >= 11 is 0. The molecular formula is C15H18N4O. The van der Waals surface area contributed by atoms with E-state index in [1.165, 1.54) is 0 Å². The first-order valence-electron chi connectivity index (χ1n) is 6.86. The van der Waals surface area contributed by atoms with Gasteiger partial charge in [0.05, 0.1) is 0 Å². The molecule has 1 aromatic heterocycles. The Kier molecular flexibility index (Phi) is 3.52. The summed E-state index contributed by atoms with van der Waals surface area (Å²) in [5.41, 5.74) is 7.02. The van der Waals surface area contributed by atoms with Crippen LogP contribution in [0.25, 0.3) is 5.69 Å². The van der Waals surface area contributed by atoms with E-state index >= 15 is 0 Å². The van der Waals surface area contributed by atoms with Crippen molar-refractivity contribution in [3.8, 4) is 5.69 Å². The number of carbonyl (C=O) groups excluding carboxylic acids is 1. The molecule has 0 spiro atoms. The number of aromatic nitrogens is 2. The zero-order valence-corrected chi connectivity index (χ0v) is 11.2. The van der Waals surface area contributed by atoms with Gasteiger partial charge in [-0.2, -0.15) is 0 Å². The molecule has 1 heterocycles. The fraction of sp³-hybridized carbons (Fsp3) is 0.333. The lowest BCUT2D eigenvalue weighted by atomic mass is 9.80. The number of carbonyl (C=O) groups is 1. The van der Waals surface area contributed by atoms with Crippen molar-refractivity contribution in [2.45, 2.75) is 18.9 Å². The van der Waals surface area contributed by atoms with Crippen molar-refractivity contribution in [3.05, 3.63) is 48.5 Å². The highest BCUT2D eigenvalue weighted by atomic mass is 16.2. The second-order valence-electron chi connectivity index (χ2n) is 5.25. The van der Waals surface area contributed by atoms with Gasteiger partial charge in [0.2, 0.25) is 0 Å². The third kappa shape index (κ3) is 2.58. The Morgan fingerprint density at radius 1 is 1.35 bits per heavy atom. The molecule has 2 aromatic rings. The number of para-hydroxylation sites is 1. The van der Waals surface area contributed by atoms with E-state index in [4.69, 9.17) is 5.73 Å². The van der Waals surface area contributed by atoms with Crippen LogP contribution in [0.4, 0.5) is 0 Å². The van der Waals surface area contributed by atoms with Crippen molar-refractivity contribution in [2.24, 2.45) is 11.7 Å². The van der Waals surface area contributed by atoms with Crippen LogP contribution in [0.15, 0.2) is 42.9 Å². The molecule has 20 heavy (non-hydrogen) atoms. The van der Waals surface area contributed by atoms with Crippen LogP contribution < -0.4 is 11.1 Å². The second-order valence-corrected chi connectivity index (χ2v) is 5.25. The number of nitrogens with zero attached hydrogens (tertiary/aromatic N) is 2. The van der Waals surface area contributed by atoms with E-state index < -0.39 is 0 Å². The minimum Gasteiger partial charge on any atom is -0.348 e. The first-order valence-corrected chi connectivity index (χ1v) is 6.86. The molecule has 5 nitrogen and oxygen atoms in total. The number of nitrogens with two attached hydrogens (primary N) is 1. The molecule has 0 aliphatic heterocycles. The molecule has 1 fully saturated rings. The summed E-state index contributed by atoms with van der Waals surface area (Å²) in [6.45, 7) is 0.703. The molecule has 0 saturated heterocycles. The molecule has 5 heteroatoms. The topological polar surface area (TPSA) is 72.9 Å². The first kappa shape index (κ1) is 12.9. The van der Waals surface area contributed by atoms with E-state index in [1.54, 1.807) is 12.5 Å². The van der Waals surface area contributed by atoms with Crippen LogP contribution >= 0.6 is 0 Å². The minimum atomic E-state index is -0.111. The van der Waals surface area contributed by atoms with Gasteiger partial charge in [-0.3, -0.25) is 4.79 Å². The number of amides is 1. The SMILES string of the molecule is NCC1CC(NC(=O)c2cn(-c3ccccc3)cn2)C1. The predicted octanol–water partition coefficient (Wildman–Crippen LogP) is 1.34. The molecule has 104 valence electrons. The zero-order chi connectivity index (χ0) is 13.9. The maximum atomic E-state index is 12.1. The van der Waals surface area contributed by atoms with E-state index in [9.17, 15) is 4.79 Å². The van der Waals surface area contributed by atoms with Gasteiger partial charge >= 0.3 is 0 Å². The van der Waals surface area contributed by atoms with Gasteiger partial charge in [0, 0.05) is 17.9 Å². The standard InChI is InChI=1S/C15H18N4O/c16-8-11-6-12(7-11)18-15(20)14-9-19(10-17-14)13-4-2-1-3-5-13/h1-5,9-12H,6-8,16H2,(H,18,20). The zero-order valence-electron chi connectivity index (χ0n) is 11.2. The van der Waals surface area contributed by atoms with Crippen LogP contribution in [0.1, 0.15) is 23.3 Å². The van der Waals surface area contributed by atoms with Gasteiger partial charge in [0.1, 0.15) is 12.0 Å². The molecule has 0 atom stereocenters. The van der Waals surface area contributed by atoms with Crippen LogP contribution in [0.2, 0.25) is 0 Å². The van der Waals surface area contributed by atoms with Crippen LogP contribution in [0.3, 0.4) is 0 Å². The molecule has 3 N–H and O–H groups in total. The fourth-order valence-electron chi connectivity index (χ4n) is 2.49. The van der Waals surface area contributed by atoms with E-state index in [1.807, 2.05) is 34.9 Å². The molecule has 0 unspecified atom stereocenters. The van der Waals surface area contributed by atoms with Crippen molar-refractivity contribution in [1.82, 2.24) is 14.9 Å². The Morgan fingerprint density at radius 3 is 2.80 bits per heavy atom. The molecule has 1 saturated carbocycles. The van der Waals surface area contributed by atoms with E-state index in [2.05, 4.69) is 10.3 Å². The highest BCUT2D eigenvalue weighted by molar-refractivity contribution is 5.92. The van der Waals surface area contributed by atoms with Gasteiger partial charge in [0.15, 0.2) is 0 Å². The van der Waals surface area contributed by atoms with Gasteiger partial charge in [-0.25, -0.2) is 4.98 Å². The largest absolute Gasteiger partial charge is 0.348 e. The summed E-state index contributed by atoms with van der Waals surface area (Å²) in [5, 5.41) is 2.99. The summed E-state index contributed by atoms with van der Waals surface area (Å²) in [7, 11) is 0. The van der Waals surface area contributed by atoms with Gasteiger partial charge in [-0.1, -0.05) is 18.2 Å². The maximum absolute atomic E-state index is 12.1. The summed E-state index contributed by atoms with van der Waals surface area (Å²) in [6.07, 6.45) is 5.36. The van der Waals surface area contributed by atoms with Crippen molar-refractivity contribution in [1.29, 1.82) is 0 Å². The Morgan fingerprint density at radius 2 is 2.10 bits per heavy atom. The molecular weight excluding hydrogens is 252 g/mol. The second kappa shape index (κ2) is 5.46. The quantitative estimate of drug-likeness (QED) is 0.880. The van der Waals surface area contributed by atoms with Crippen LogP contribution in [-0.4, -0.2) is 28.0 Å². The number of imidazole rings is 1. The smallest absolute Gasteiger partial charge is 0.271 e. The van der Waals surface area contributed by atoms with Crippen LogP contribution in [-0.2, 0) is 0 Å². The average Bonchev–Trinajstić information content (AvgIpc) is 2.93. The minimum absolute atomic E-state index is 0.111. The third-order valence-corrected chi connectivity index (χ3v) is 3.77. The Bertz CT molecular complexity index is 587. The molecule has 1 aliphatic carbocycles. The number of hydrogen-bond acceptors (Lipinski definition) is 3. The number of benzene rings is 1. The molecule has 0 radical (unpaired) electrons. The fourth-order valence-corrected chi connectivity index (χ4v) is 2.49. The molecule has 1 aromatic carbocycles. The van der Waals surface area contributed by atoms with Gasteiger partial charge in [-0.05, 0) is 37.4 Å². The number of hydrogen-bond donors (Lipinski definition) is 2. The van der Waals surface area contributed by atoms with E-state index in [0.29, 0.717) is 18.2 Å². The number of nitrogens with one attached hydrogen (secondary N) is 1. The summed E-state index contributed by atoms with van der Waals surface area (Å²) in [4.78, 5) is 16.2.